The first-order valence-electron chi connectivity index (χ1n) is 6.93. The average Bonchev–Trinajstić information content (AvgIpc) is 2.61. The Morgan fingerprint density at radius 2 is 2.05 bits per heavy atom. The number of halogens is 4. The number of hydrogen-bond acceptors (Lipinski definition) is 2. The van der Waals surface area contributed by atoms with Crippen LogP contribution in [0.3, 0.4) is 0 Å². The van der Waals surface area contributed by atoms with Gasteiger partial charge in [-0.1, -0.05) is 31.4 Å². The average molecular weight is 307 g/mol. The largest absolute Gasteiger partial charge is 0.416 e. The van der Waals surface area contributed by atoms with Gasteiger partial charge in [-0.2, -0.15) is 13.2 Å². The fourth-order valence-electron chi connectivity index (χ4n) is 2.70. The predicted octanol–water partition coefficient (Wildman–Crippen LogP) is 4.91. The van der Waals surface area contributed by atoms with Crippen molar-refractivity contribution in [3.05, 3.63) is 22.8 Å². The van der Waals surface area contributed by atoms with Gasteiger partial charge in [0.05, 0.1) is 5.56 Å². The third-order valence-corrected chi connectivity index (χ3v) is 3.94. The van der Waals surface area contributed by atoms with E-state index in [0.29, 0.717) is 5.82 Å². The molecule has 0 radical (unpaired) electrons. The quantitative estimate of drug-likeness (QED) is 0.721. The molecule has 2 heterocycles. The Bertz CT molecular complexity index is 462. The standard InChI is InChI=1S/C14H18ClF3N2/c1-2-11-6-4-3-5-7-20(11)13-9-10(14(16,17)18)8-12(15)19-13/h8-9,11H,2-7H2,1H3. The lowest BCUT2D eigenvalue weighted by molar-refractivity contribution is -0.137. The number of aromatic nitrogens is 1. The van der Waals surface area contributed by atoms with E-state index in [9.17, 15) is 13.2 Å². The summed E-state index contributed by atoms with van der Waals surface area (Å²) >= 11 is 5.77. The summed E-state index contributed by atoms with van der Waals surface area (Å²) in [6.07, 6.45) is 0.698. The molecule has 0 aromatic carbocycles. The van der Waals surface area contributed by atoms with E-state index in [1.54, 1.807) is 0 Å². The van der Waals surface area contributed by atoms with Crippen molar-refractivity contribution in [2.75, 3.05) is 11.4 Å². The van der Waals surface area contributed by atoms with Crippen molar-refractivity contribution in [3.8, 4) is 0 Å². The van der Waals surface area contributed by atoms with Crippen LogP contribution in [-0.2, 0) is 6.18 Å². The van der Waals surface area contributed by atoms with Crippen molar-refractivity contribution in [2.45, 2.75) is 51.2 Å². The van der Waals surface area contributed by atoms with E-state index in [1.807, 2.05) is 4.90 Å². The molecule has 1 fully saturated rings. The molecule has 0 N–H and O–H groups in total. The molecule has 0 saturated carbocycles. The van der Waals surface area contributed by atoms with Gasteiger partial charge < -0.3 is 4.90 Å². The minimum atomic E-state index is -4.39. The minimum Gasteiger partial charge on any atom is -0.354 e. The van der Waals surface area contributed by atoms with E-state index >= 15 is 0 Å². The number of rotatable bonds is 2. The van der Waals surface area contributed by atoms with Gasteiger partial charge in [0, 0.05) is 12.6 Å². The third-order valence-electron chi connectivity index (χ3n) is 3.75. The van der Waals surface area contributed by atoms with E-state index in [2.05, 4.69) is 11.9 Å². The smallest absolute Gasteiger partial charge is 0.354 e. The molecule has 0 aliphatic carbocycles. The summed E-state index contributed by atoms with van der Waals surface area (Å²) in [6.45, 7) is 2.79. The second-order valence-electron chi connectivity index (χ2n) is 5.14. The molecule has 1 saturated heterocycles. The Morgan fingerprint density at radius 1 is 1.30 bits per heavy atom. The van der Waals surface area contributed by atoms with Crippen molar-refractivity contribution >= 4 is 17.4 Å². The highest BCUT2D eigenvalue weighted by Crippen LogP contribution is 2.34. The first kappa shape index (κ1) is 15.4. The maximum atomic E-state index is 12.9. The summed E-state index contributed by atoms with van der Waals surface area (Å²) in [5.74, 6) is 0.346. The van der Waals surface area contributed by atoms with Crippen LogP contribution in [0.25, 0.3) is 0 Å². The maximum absolute atomic E-state index is 12.9. The molecule has 0 bridgehead atoms. The van der Waals surface area contributed by atoms with Gasteiger partial charge in [-0.15, -0.1) is 0 Å². The van der Waals surface area contributed by atoms with Gasteiger partial charge in [0.1, 0.15) is 11.0 Å². The van der Waals surface area contributed by atoms with Crippen LogP contribution < -0.4 is 4.90 Å². The molecule has 2 nitrogen and oxygen atoms in total. The van der Waals surface area contributed by atoms with Gasteiger partial charge in [0.2, 0.25) is 0 Å². The van der Waals surface area contributed by atoms with E-state index < -0.39 is 11.7 Å². The third kappa shape index (κ3) is 3.57. The molecule has 0 spiro atoms. The van der Waals surface area contributed by atoms with Crippen LogP contribution in [-0.4, -0.2) is 17.6 Å². The lowest BCUT2D eigenvalue weighted by atomic mass is 10.1. The Kier molecular flexibility index (Phi) is 4.78. The monoisotopic (exact) mass is 306 g/mol. The molecule has 1 aromatic rings. The molecule has 1 aliphatic heterocycles. The van der Waals surface area contributed by atoms with Gasteiger partial charge in [-0.3, -0.25) is 0 Å². The van der Waals surface area contributed by atoms with Crippen LogP contribution in [0, 0.1) is 0 Å². The summed E-state index contributed by atoms with van der Waals surface area (Å²) in [5.41, 5.74) is -0.730. The lowest BCUT2D eigenvalue weighted by Gasteiger charge is -2.31. The Labute approximate surface area is 121 Å². The Morgan fingerprint density at radius 3 is 2.70 bits per heavy atom. The van der Waals surface area contributed by atoms with Crippen LogP contribution in [0.15, 0.2) is 12.1 Å². The number of hydrogen-bond donors (Lipinski definition) is 0. The lowest BCUT2D eigenvalue weighted by Crippen LogP contribution is -2.35. The maximum Gasteiger partial charge on any atom is 0.416 e. The van der Waals surface area contributed by atoms with Crippen LogP contribution >= 0.6 is 11.6 Å². The van der Waals surface area contributed by atoms with Crippen molar-refractivity contribution in [3.63, 3.8) is 0 Å². The summed E-state index contributed by atoms with van der Waals surface area (Å²) < 4.78 is 38.6. The predicted molar refractivity (Wildman–Crippen MR) is 74.1 cm³/mol. The Balaban J connectivity index is 2.37. The zero-order valence-corrected chi connectivity index (χ0v) is 12.1. The number of nitrogens with zero attached hydrogens (tertiary/aromatic N) is 2. The molecule has 1 atom stereocenters. The number of anilines is 1. The highest BCUT2D eigenvalue weighted by atomic mass is 35.5. The first-order chi connectivity index (χ1) is 9.41. The minimum absolute atomic E-state index is 0.103. The summed E-state index contributed by atoms with van der Waals surface area (Å²) in [4.78, 5) is 6.08. The summed E-state index contributed by atoms with van der Waals surface area (Å²) in [5, 5.41) is -0.103. The van der Waals surface area contributed by atoms with E-state index in [1.165, 1.54) is 0 Å². The van der Waals surface area contributed by atoms with Crippen molar-refractivity contribution in [1.82, 2.24) is 4.98 Å². The van der Waals surface area contributed by atoms with Crippen molar-refractivity contribution < 1.29 is 13.2 Å². The van der Waals surface area contributed by atoms with Gasteiger partial charge >= 0.3 is 6.18 Å². The second kappa shape index (κ2) is 6.20. The van der Waals surface area contributed by atoms with Crippen molar-refractivity contribution in [2.24, 2.45) is 0 Å². The molecule has 1 aliphatic rings. The van der Waals surface area contributed by atoms with Crippen LogP contribution in [0.2, 0.25) is 5.15 Å². The molecular formula is C14H18ClF3N2. The summed E-state index contributed by atoms with van der Waals surface area (Å²) in [7, 11) is 0. The van der Waals surface area contributed by atoms with Crippen LogP contribution in [0.4, 0.5) is 19.0 Å². The highest BCUT2D eigenvalue weighted by Gasteiger charge is 2.32. The fourth-order valence-corrected chi connectivity index (χ4v) is 2.90. The molecule has 20 heavy (non-hydrogen) atoms. The van der Waals surface area contributed by atoms with Gasteiger partial charge in [0.15, 0.2) is 0 Å². The molecule has 6 heteroatoms. The molecule has 2 rings (SSSR count). The SMILES string of the molecule is CCC1CCCCCN1c1cc(C(F)(F)F)cc(Cl)n1. The molecule has 112 valence electrons. The Hall–Kier alpha value is -0.970. The van der Waals surface area contributed by atoms with E-state index in [0.717, 1.165) is 50.8 Å². The fraction of sp³-hybridized carbons (Fsp3) is 0.643. The highest BCUT2D eigenvalue weighted by molar-refractivity contribution is 6.29. The van der Waals surface area contributed by atoms with Gasteiger partial charge in [0.25, 0.3) is 0 Å². The molecule has 1 unspecified atom stereocenters. The van der Waals surface area contributed by atoms with Gasteiger partial charge in [-0.05, 0) is 31.4 Å². The van der Waals surface area contributed by atoms with Crippen LogP contribution in [0.5, 0.6) is 0 Å². The molecular weight excluding hydrogens is 289 g/mol. The normalized spacial score (nSPS) is 20.9. The van der Waals surface area contributed by atoms with Crippen molar-refractivity contribution in [1.29, 1.82) is 0 Å². The zero-order chi connectivity index (χ0) is 14.8. The zero-order valence-electron chi connectivity index (χ0n) is 11.4. The van der Waals surface area contributed by atoms with E-state index in [4.69, 9.17) is 11.6 Å². The second-order valence-corrected chi connectivity index (χ2v) is 5.53. The first-order valence-corrected chi connectivity index (χ1v) is 7.31. The topological polar surface area (TPSA) is 16.1 Å². The number of alkyl halides is 3. The molecule has 1 aromatic heterocycles. The van der Waals surface area contributed by atoms with Gasteiger partial charge in [-0.25, -0.2) is 4.98 Å². The van der Waals surface area contributed by atoms with E-state index in [-0.39, 0.29) is 11.2 Å². The molecule has 0 amide bonds. The summed E-state index contributed by atoms with van der Waals surface area (Å²) in [6, 6.07) is 2.23. The number of pyridine rings is 1. The van der Waals surface area contributed by atoms with Crippen LogP contribution in [0.1, 0.15) is 44.6 Å².